The van der Waals surface area contributed by atoms with Crippen LogP contribution in [0.2, 0.25) is 0 Å². The zero-order valence-corrected chi connectivity index (χ0v) is 12.6. The maximum absolute atomic E-state index is 12.6. The average Bonchev–Trinajstić information content (AvgIpc) is 2.52. The molecule has 2 aromatic rings. The molecule has 0 spiro atoms. The predicted molar refractivity (Wildman–Crippen MR) is 78.1 cm³/mol. The van der Waals surface area contributed by atoms with E-state index in [0.29, 0.717) is 22.4 Å². The lowest BCUT2D eigenvalue weighted by atomic mass is 10.1. The largest absolute Gasteiger partial charge is 0.497 e. The molecule has 0 aliphatic carbocycles. The highest BCUT2D eigenvalue weighted by Gasteiger charge is 2.32. The summed E-state index contributed by atoms with van der Waals surface area (Å²) < 4.78 is 42.8. The molecule has 1 heterocycles. The van der Waals surface area contributed by atoms with Crippen LogP contribution >= 0.6 is 0 Å². The third kappa shape index (κ3) is 4.21. The zero-order chi connectivity index (χ0) is 17.0. The SMILES string of the molecule is COc1ccc(C(=O)NCc2ccnc(C(F)(F)F)c2)c(C)c1. The Morgan fingerprint density at radius 2 is 2.00 bits per heavy atom. The summed E-state index contributed by atoms with van der Waals surface area (Å²) in [6.07, 6.45) is -3.43. The van der Waals surface area contributed by atoms with Crippen molar-refractivity contribution in [2.75, 3.05) is 7.11 Å². The van der Waals surface area contributed by atoms with Gasteiger partial charge in [0.15, 0.2) is 0 Å². The van der Waals surface area contributed by atoms with Gasteiger partial charge in [-0.25, -0.2) is 0 Å². The van der Waals surface area contributed by atoms with Crippen molar-refractivity contribution in [2.24, 2.45) is 0 Å². The van der Waals surface area contributed by atoms with Crippen molar-refractivity contribution < 1.29 is 22.7 Å². The Morgan fingerprint density at radius 1 is 1.26 bits per heavy atom. The lowest BCUT2D eigenvalue weighted by molar-refractivity contribution is -0.141. The van der Waals surface area contributed by atoms with E-state index < -0.39 is 11.9 Å². The number of aryl methyl sites for hydroxylation is 1. The molecule has 1 aromatic heterocycles. The van der Waals surface area contributed by atoms with E-state index in [9.17, 15) is 18.0 Å². The van der Waals surface area contributed by atoms with Crippen LogP contribution in [0.15, 0.2) is 36.5 Å². The number of pyridine rings is 1. The lowest BCUT2D eigenvalue weighted by Crippen LogP contribution is -2.24. The fourth-order valence-corrected chi connectivity index (χ4v) is 2.03. The summed E-state index contributed by atoms with van der Waals surface area (Å²) in [5.41, 5.74) is 0.500. The fraction of sp³-hybridized carbons (Fsp3) is 0.250. The number of carbonyl (C=O) groups is 1. The van der Waals surface area contributed by atoms with Crippen LogP contribution in [-0.2, 0) is 12.7 Å². The average molecular weight is 324 g/mol. The minimum Gasteiger partial charge on any atom is -0.497 e. The topological polar surface area (TPSA) is 51.2 Å². The van der Waals surface area contributed by atoms with Gasteiger partial charge >= 0.3 is 6.18 Å². The number of alkyl halides is 3. The molecule has 0 saturated carbocycles. The standard InChI is InChI=1S/C16H15F3N2O2/c1-10-7-12(23-2)3-4-13(10)15(22)21-9-11-5-6-20-14(8-11)16(17,18)19/h3-8H,9H2,1-2H3,(H,21,22). The first-order valence-electron chi connectivity index (χ1n) is 6.76. The number of rotatable bonds is 4. The predicted octanol–water partition coefficient (Wildman–Crippen LogP) is 3.35. The second-order valence-electron chi connectivity index (χ2n) is 4.91. The van der Waals surface area contributed by atoms with Gasteiger partial charge in [0, 0.05) is 18.3 Å². The van der Waals surface area contributed by atoms with E-state index in [-0.39, 0.29) is 12.5 Å². The second kappa shape index (κ2) is 6.68. The molecule has 0 bridgehead atoms. The van der Waals surface area contributed by atoms with Crippen molar-refractivity contribution in [3.05, 3.63) is 58.9 Å². The van der Waals surface area contributed by atoms with Crippen LogP contribution < -0.4 is 10.1 Å². The number of methoxy groups -OCH3 is 1. The number of nitrogens with one attached hydrogen (secondary N) is 1. The highest BCUT2D eigenvalue weighted by atomic mass is 19.4. The van der Waals surface area contributed by atoms with Gasteiger partial charge in [-0.3, -0.25) is 9.78 Å². The Hall–Kier alpha value is -2.57. The number of benzene rings is 1. The Labute approximate surface area is 131 Å². The molecular weight excluding hydrogens is 309 g/mol. The summed E-state index contributed by atoms with van der Waals surface area (Å²) in [4.78, 5) is 15.4. The van der Waals surface area contributed by atoms with Crippen LogP contribution in [0.25, 0.3) is 0 Å². The molecule has 0 atom stereocenters. The van der Waals surface area contributed by atoms with E-state index in [0.717, 1.165) is 12.3 Å². The molecule has 0 radical (unpaired) electrons. The Morgan fingerprint density at radius 3 is 2.61 bits per heavy atom. The van der Waals surface area contributed by atoms with Crippen LogP contribution in [0.4, 0.5) is 13.2 Å². The van der Waals surface area contributed by atoms with Gasteiger partial charge in [0.25, 0.3) is 5.91 Å². The number of aromatic nitrogens is 1. The normalized spacial score (nSPS) is 11.2. The monoisotopic (exact) mass is 324 g/mol. The minimum absolute atomic E-state index is 0.0180. The van der Waals surface area contributed by atoms with Crippen molar-refractivity contribution in [1.29, 1.82) is 0 Å². The summed E-state index contributed by atoms with van der Waals surface area (Å²) in [5, 5.41) is 2.60. The lowest BCUT2D eigenvalue weighted by Gasteiger charge is -2.10. The van der Waals surface area contributed by atoms with Gasteiger partial charge in [0.05, 0.1) is 7.11 Å². The van der Waals surface area contributed by atoms with Crippen LogP contribution in [0, 0.1) is 6.92 Å². The van der Waals surface area contributed by atoms with E-state index in [4.69, 9.17) is 4.74 Å². The zero-order valence-electron chi connectivity index (χ0n) is 12.6. The first kappa shape index (κ1) is 16.8. The number of amides is 1. The molecule has 0 aliphatic rings. The van der Waals surface area contributed by atoms with Crippen LogP contribution in [0.5, 0.6) is 5.75 Å². The number of nitrogens with zero attached hydrogens (tertiary/aromatic N) is 1. The van der Waals surface area contributed by atoms with Crippen molar-refractivity contribution in [2.45, 2.75) is 19.6 Å². The Kier molecular flexibility index (Phi) is 4.88. The van der Waals surface area contributed by atoms with Gasteiger partial charge in [-0.1, -0.05) is 0 Å². The number of hydrogen-bond donors (Lipinski definition) is 1. The molecular formula is C16H15F3N2O2. The third-order valence-corrected chi connectivity index (χ3v) is 3.25. The highest BCUT2D eigenvalue weighted by molar-refractivity contribution is 5.95. The number of halogens is 3. The van der Waals surface area contributed by atoms with Crippen LogP contribution in [-0.4, -0.2) is 18.0 Å². The molecule has 1 amide bonds. The first-order valence-corrected chi connectivity index (χ1v) is 6.76. The summed E-state index contributed by atoms with van der Waals surface area (Å²) >= 11 is 0. The molecule has 0 fully saturated rings. The van der Waals surface area contributed by atoms with Gasteiger partial charge in [0.2, 0.25) is 0 Å². The molecule has 122 valence electrons. The van der Waals surface area contributed by atoms with E-state index in [1.54, 1.807) is 25.1 Å². The maximum Gasteiger partial charge on any atom is 0.433 e. The minimum atomic E-state index is -4.51. The maximum atomic E-state index is 12.6. The molecule has 0 saturated heterocycles. The molecule has 4 nitrogen and oxygen atoms in total. The van der Waals surface area contributed by atoms with Crippen molar-refractivity contribution in [1.82, 2.24) is 10.3 Å². The van der Waals surface area contributed by atoms with Gasteiger partial charge in [-0.2, -0.15) is 13.2 Å². The van der Waals surface area contributed by atoms with Gasteiger partial charge < -0.3 is 10.1 Å². The van der Waals surface area contributed by atoms with Gasteiger partial charge in [-0.05, 0) is 48.4 Å². The molecule has 7 heteroatoms. The van der Waals surface area contributed by atoms with Gasteiger partial charge in [-0.15, -0.1) is 0 Å². The smallest absolute Gasteiger partial charge is 0.433 e. The molecule has 2 rings (SSSR count). The molecule has 1 N–H and O–H groups in total. The summed E-state index contributed by atoms with van der Waals surface area (Å²) in [7, 11) is 1.52. The van der Waals surface area contributed by atoms with Crippen molar-refractivity contribution in [3.63, 3.8) is 0 Å². The van der Waals surface area contributed by atoms with E-state index in [1.807, 2.05) is 0 Å². The molecule has 1 aromatic carbocycles. The summed E-state index contributed by atoms with van der Waals surface area (Å²) in [5.74, 6) is 0.263. The van der Waals surface area contributed by atoms with E-state index in [1.165, 1.54) is 13.2 Å². The van der Waals surface area contributed by atoms with E-state index in [2.05, 4.69) is 10.3 Å². The van der Waals surface area contributed by atoms with Crippen LogP contribution in [0.1, 0.15) is 27.2 Å². The van der Waals surface area contributed by atoms with Gasteiger partial charge in [0.1, 0.15) is 11.4 Å². The molecule has 0 unspecified atom stereocenters. The third-order valence-electron chi connectivity index (χ3n) is 3.25. The quantitative estimate of drug-likeness (QED) is 0.938. The summed E-state index contributed by atoms with van der Waals surface area (Å²) in [6.45, 7) is 1.74. The van der Waals surface area contributed by atoms with Crippen molar-refractivity contribution in [3.8, 4) is 5.75 Å². The Bertz CT molecular complexity index is 715. The van der Waals surface area contributed by atoms with E-state index >= 15 is 0 Å². The fourth-order valence-electron chi connectivity index (χ4n) is 2.03. The number of carbonyl (C=O) groups excluding carboxylic acids is 1. The second-order valence-corrected chi connectivity index (χ2v) is 4.91. The van der Waals surface area contributed by atoms with Crippen molar-refractivity contribution >= 4 is 5.91 Å². The highest BCUT2D eigenvalue weighted by Crippen LogP contribution is 2.27. The van der Waals surface area contributed by atoms with Crippen LogP contribution in [0.3, 0.4) is 0 Å². The Balaban J connectivity index is 2.08. The molecule has 0 aliphatic heterocycles. The number of ether oxygens (including phenoxy) is 1. The summed E-state index contributed by atoms with van der Waals surface area (Å²) in [6, 6.07) is 7.31. The number of hydrogen-bond acceptors (Lipinski definition) is 3. The first-order chi connectivity index (χ1) is 10.8. The molecule has 23 heavy (non-hydrogen) atoms.